The lowest BCUT2D eigenvalue weighted by atomic mass is 10.0. The van der Waals surface area contributed by atoms with Crippen molar-refractivity contribution in [3.8, 4) is 11.5 Å². The Bertz CT molecular complexity index is 1200. The molecule has 8 heteroatoms. The predicted molar refractivity (Wildman–Crippen MR) is 125 cm³/mol. The molecule has 0 atom stereocenters. The summed E-state index contributed by atoms with van der Waals surface area (Å²) in [5.74, 6) is 0.465. The smallest absolute Gasteiger partial charge is 0.374 e. The van der Waals surface area contributed by atoms with Crippen LogP contribution in [0.5, 0.6) is 11.5 Å². The molecule has 0 saturated carbocycles. The van der Waals surface area contributed by atoms with E-state index >= 15 is 0 Å². The standard InChI is InChI=1S/C25H28N2O6/c1-6-32-25(29)23-16(3)19-13-17(9-11-20(19)33-23)8-7-15(2)26-27-24(28)18-10-12-21(30-4)22(14-18)31-5/h9-14H,6-8H2,1-5H3,(H,27,28)/b26-15-. The topological polar surface area (TPSA) is 99.4 Å². The largest absolute Gasteiger partial charge is 0.493 e. The Morgan fingerprint density at radius 1 is 1.06 bits per heavy atom. The third-order valence-electron chi connectivity index (χ3n) is 5.23. The average molecular weight is 453 g/mol. The molecule has 0 bridgehead atoms. The third kappa shape index (κ3) is 5.52. The summed E-state index contributed by atoms with van der Waals surface area (Å²) in [7, 11) is 3.05. The molecule has 8 nitrogen and oxygen atoms in total. The number of rotatable bonds is 9. The molecule has 1 amide bonds. The van der Waals surface area contributed by atoms with Crippen LogP contribution in [0.25, 0.3) is 11.0 Å². The minimum Gasteiger partial charge on any atom is -0.493 e. The van der Waals surface area contributed by atoms with Crippen molar-refractivity contribution in [2.45, 2.75) is 33.6 Å². The Kier molecular flexibility index (Phi) is 7.71. The molecule has 3 rings (SSSR count). The van der Waals surface area contributed by atoms with E-state index in [0.29, 0.717) is 35.7 Å². The van der Waals surface area contributed by atoms with Gasteiger partial charge in [0.25, 0.3) is 5.91 Å². The van der Waals surface area contributed by atoms with Crippen molar-refractivity contribution in [2.24, 2.45) is 5.10 Å². The number of fused-ring (bicyclic) bond motifs is 1. The highest BCUT2D eigenvalue weighted by Gasteiger charge is 2.19. The first-order valence-electron chi connectivity index (χ1n) is 10.6. The molecule has 0 aliphatic rings. The summed E-state index contributed by atoms with van der Waals surface area (Å²) in [6.45, 7) is 5.75. The molecule has 2 aromatic carbocycles. The summed E-state index contributed by atoms with van der Waals surface area (Å²) in [6.07, 6.45) is 1.37. The Morgan fingerprint density at radius 2 is 1.82 bits per heavy atom. The maximum atomic E-state index is 12.4. The van der Waals surface area contributed by atoms with Gasteiger partial charge in [0.05, 0.1) is 20.8 Å². The van der Waals surface area contributed by atoms with Crippen LogP contribution in [0.4, 0.5) is 0 Å². The second-order valence-corrected chi connectivity index (χ2v) is 7.46. The van der Waals surface area contributed by atoms with Gasteiger partial charge >= 0.3 is 5.97 Å². The fourth-order valence-electron chi connectivity index (χ4n) is 3.38. The number of nitrogens with one attached hydrogen (secondary N) is 1. The summed E-state index contributed by atoms with van der Waals surface area (Å²) in [5.41, 5.74) is 6.25. The van der Waals surface area contributed by atoms with Crippen LogP contribution in [0.1, 0.15) is 52.3 Å². The van der Waals surface area contributed by atoms with Gasteiger partial charge in [0.2, 0.25) is 5.76 Å². The van der Waals surface area contributed by atoms with Crippen molar-refractivity contribution in [3.63, 3.8) is 0 Å². The molecule has 1 heterocycles. The zero-order chi connectivity index (χ0) is 24.0. The Balaban J connectivity index is 1.64. The maximum absolute atomic E-state index is 12.4. The lowest BCUT2D eigenvalue weighted by Crippen LogP contribution is -2.19. The number of furan rings is 1. The summed E-state index contributed by atoms with van der Waals surface area (Å²) in [5, 5.41) is 5.09. The number of carbonyl (C=O) groups excluding carboxylic acids is 2. The molecule has 0 unspecified atom stereocenters. The quantitative estimate of drug-likeness (QED) is 0.288. The number of carbonyl (C=O) groups is 2. The van der Waals surface area contributed by atoms with E-state index in [1.807, 2.05) is 32.0 Å². The molecule has 0 radical (unpaired) electrons. The van der Waals surface area contributed by atoms with Crippen molar-refractivity contribution >= 4 is 28.6 Å². The second kappa shape index (κ2) is 10.7. The van der Waals surface area contributed by atoms with Crippen LogP contribution < -0.4 is 14.9 Å². The molecule has 0 aliphatic carbocycles. The minimum atomic E-state index is -0.457. The number of hydrazone groups is 1. The highest BCUT2D eigenvalue weighted by atomic mass is 16.5. The SMILES string of the molecule is CCOC(=O)c1oc2ccc(CC/C(C)=N\NC(=O)c3ccc(OC)c(OC)c3)cc2c1C. The van der Waals surface area contributed by atoms with Gasteiger partial charge in [0.15, 0.2) is 11.5 Å². The second-order valence-electron chi connectivity index (χ2n) is 7.46. The van der Waals surface area contributed by atoms with Crippen molar-refractivity contribution in [3.05, 3.63) is 58.8 Å². The van der Waals surface area contributed by atoms with Crippen molar-refractivity contribution in [1.82, 2.24) is 5.43 Å². The van der Waals surface area contributed by atoms with Gasteiger partial charge in [-0.1, -0.05) is 6.07 Å². The molecular formula is C25H28N2O6. The molecule has 174 valence electrons. The van der Waals surface area contributed by atoms with Crippen molar-refractivity contribution in [1.29, 1.82) is 0 Å². The van der Waals surface area contributed by atoms with E-state index < -0.39 is 5.97 Å². The van der Waals surface area contributed by atoms with Crippen LogP contribution in [0.15, 0.2) is 45.9 Å². The van der Waals surface area contributed by atoms with E-state index in [-0.39, 0.29) is 11.7 Å². The molecule has 1 N–H and O–H groups in total. The van der Waals surface area contributed by atoms with E-state index in [9.17, 15) is 9.59 Å². The highest BCUT2D eigenvalue weighted by molar-refractivity contribution is 5.97. The summed E-state index contributed by atoms with van der Waals surface area (Å²) >= 11 is 0. The summed E-state index contributed by atoms with van der Waals surface area (Å²) < 4.78 is 21.1. The normalized spacial score (nSPS) is 11.4. The van der Waals surface area contributed by atoms with Gasteiger partial charge in [-0.05, 0) is 69.5 Å². The van der Waals surface area contributed by atoms with E-state index in [2.05, 4.69) is 10.5 Å². The molecule has 0 saturated heterocycles. The zero-order valence-electron chi connectivity index (χ0n) is 19.5. The van der Waals surface area contributed by atoms with E-state index in [4.69, 9.17) is 18.6 Å². The fourth-order valence-corrected chi connectivity index (χ4v) is 3.38. The van der Waals surface area contributed by atoms with Crippen LogP contribution in [0, 0.1) is 6.92 Å². The van der Waals surface area contributed by atoms with Crippen LogP contribution in [0.2, 0.25) is 0 Å². The summed E-state index contributed by atoms with van der Waals surface area (Å²) in [4.78, 5) is 24.5. The maximum Gasteiger partial charge on any atom is 0.374 e. The number of aryl methyl sites for hydroxylation is 2. The van der Waals surface area contributed by atoms with Gasteiger partial charge in [-0.2, -0.15) is 5.10 Å². The van der Waals surface area contributed by atoms with Gasteiger partial charge in [0.1, 0.15) is 5.58 Å². The van der Waals surface area contributed by atoms with E-state index in [0.717, 1.165) is 28.6 Å². The van der Waals surface area contributed by atoms with Crippen LogP contribution >= 0.6 is 0 Å². The van der Waals surface area contributed by atoms with Gasteiger partial charge in [-0.3, -0.25) is 4.79 Å². The Morgan fingerprint density at radius 3 is 2.52 bits per heavy atom. The number of nitrogens with zero attached hydrogens (tertiary/aromatic N) is 1. The number of ether oxygens (including phenoxy) is 3. The number of hydrogen-bond acceptors (Lipinski definition) is 7. The highest BCUT2D eigenvalue weighted by Crippen LogP contribution is 2.28. The molecular weight excluding hydrogens is 424 g/mol. The number of benzene rings is 2. The van der Waals surface area contributed by atoms with Gasteiger partial charge in [0, 0.05) is 22.2 Å². The van der Waals surface area contributed by atoms with Gasteiger partial charge in [-0.15, -0.1) is 0 Å². The first-order chi connectivity index (χ1) is 15.9. The molecule has 0 fully saturated rings. The molecule has 3 aromatic rings. The zero-order valence-corrected chi connectivity index (χ0v) is 19.5. The Labute approximate surface area is 192 Å². The van der Waals surface area contributed by atoms with E-state index in [1.54, 1.807) is 25.1 Å². The lowest BCUT2D eigenvalue weighted by Gasteiger charge is -2.09. The summed E-state index contributed by atoms with van der Waals surface area (Å²) in [6, 6.07) is 10.7. The molecule has 0 aliphatic heterocycles. The van der Waals surface area contributed by atoms with Gasteiger partial charge < -0.3 is 18.6 Å². The van der Waals surface area contributed by atoms with Crippen LogP contribution in [-0.2, 0) is 11.2 Å². The van der Waals surface area contributed by atoms with Gasteiger partial charge in [-0.25, -0.2) is 10.2 Å². The first kappa shape index (κ1) is 23.8. The van der Waals surface area contributed by atoms with Crippen LogP contribution in [-0.4, -0.2) is 38.4 Å². The number of hydrogen-bond donors (Lipinski definition) is 1. The lowest BCUT2D eigenvalue weighted by molar-refractivity contribution is 0.0491. The minimum absolute atomic E-state index is 0.236. The van der Waals surface area contributed by atoms with E-state index in [1.165, 1.54) is 14.2 Å². The number of amides is 1. The first-order valence-corrected chi connectivity index (χ1v) is 10.6. The van der Waals surface area contributed by atoms with Crippen molar-refractivity contribution < 1.29 is 28.2 Å². The average Bonchev–Trinajstić information content (AvgIpc) is 3.16. The predicted octanol–water partition coefficient (Wildman–Crippen LogP) is 4.67. The van der Waals surface area contributed by atoms with Crippen LogP contribution in [0.3, 0.4) is 0 Å². The number of esters is 1. The molecule has 33 heavy (non-hydrogen) atoms. The fraction of sp³-hybridized carbons (Fsp3) is 0.320. The third-order valence-corrected chi connectivity index (χ3v) is 5.23. The molecule has 1 aromatic heterocycles. The monoisotopic (exact) mass is 452 g/mol. The Hall–Kier alpha value is -3.81. The number of methoxy groups -OCH3 is 2. The van der Waals surface area contributed by atoms with Crippen molar-refractivity contribution in [2.75, 3.05) is 20.8 Å². The molecule has 0 spiro atoms.